The van der Waals surface area contributed by atoms with E-state index in [9.17, 15) is 9.59 Å². The molecule has 1 saturated heterocycles. The Balaban J connectivity index is 2.10. The first-order valence-electron chi connectivity index (χ1n) is 6.40. The molecule has 0 spiro atoms. The number of carboxylic acid groups (broad SMARTS) is 1. The highest BCUT2D eigenvalue weighted by Crippen LogP contribution is 2.11. The van der Waals surface area contributed by atoms with Gasteiger partial charge in [-0.1, -0.05) is 0 Å². The number of rotatable bonds is 4. The predicted octanol–water partition coefficient (Wildman–Crippen LogP) is 1.09. The molecular formula is C14H16N2O4. The van der Waals surface area contributed by atoms with E-state index in [1.165, 1.54) is 18.5 Å². The highest BCUT2D eigenvalue weighted by Gasteiger charge is 2.18. The third kappa shape index (κ3) is 3.89. The van der Waals surface area contributed by atoms with Crippen LogP contribution in [0.2, 0.25) is 0 Å². The molecule has 1 aliphatic heterocycles. The lowest BCUT2D eigenvalue weighted by atomic mass is 10.1. The Kier molecular flexibility index (Phi) is 4.84. The van der Waals surface area contributed by atoms with Gasteiger partial charge in [-0.05, 0) is 25.0 Å². The van der Waals surface area contributed by atoms with Crippen molar-refractivity contribution in [1.29, 1.82) is 0 Å². The number of aliphatic carboxylic acids is 1. The smallest absolute Gasteiger partial charge is 0.328 e. The van der Waals surface area contributed by atoms with Gasteiger partial charge < -0.3 is 15.2 Å². The number of carbonyl (C=O) groups is 2. The third-order valence-corrected chi connectivity index (χ3v) is 3.00. The molecule has 106 valence electrons. The number of nitrogens with zero attached hydrogens (tertiary/aromatic N) is 1. The number of nitrogens with one attached hydrogen (secondary N) is 1. The number of hydrogen-bond acceptors (Lipinski definition) is 4. The van der Waals surface area contributed by atoms with Crippen LogP contribution >= 0.6 is 0 Å². The van der Waals surface area contributed by atoms with Crippen molar-refractivity contribution >= 4 is 18.0 Å². The van der Waals surface area contributed by atoms with Crippen LogP contribution in [0.15, 0.2) is 24.5 Å². The molecule has 1 fully saturated rings. The summed E-state index contributed by atoms with van der Waals surface area (Å²) in [4.78, 5) is 26.7. The van der Waals surface area contributed by atoms with Gasteiger partial charge in [-0.3, -0.25) is 9.78 Å². The van der Waals surface area contributed by atoms with Crippen molar-refractivity contribution in [3.05, 3.63) is 35.7 Å². The molecule has 1 atom stereocenters. The predicted molar refractivity (Wildman–Crippen MR) is 72.2 cm³/mol. The number of pyridine rings is 1. The zero-order valence-electron chi connectivity index (χ0n) is 10.9. The SMILES string of the molecule is O=C(O)C=Cc1cnccc1C(=O)NC1CCCOC1. The summed E-state index contributed by atoms with van der Waals surface area (Å²) in [5, 5.41) is 11.5. The molecule has 2 heterocycles. The van der Waals surface area contributed by atoms with Crippen LogP contribution in [-0.2, 0) is 9.53 Å². The Bertz CT molecular complexity index is 522. The maximum atomic E-state index is 12.2. The van der Waals surface area contributed by atoms with E-state index in [0.717, 1.165) is 25.5 Å². The standard InChI is InChI=1S/C14H16N2O4/c17-13(18)4-3-10-8-15-6-5-12(10)14(19)16-11-2-1-7-20-9-11/h3-6,8,11H,1-2,7,9H2,(H,16,19)(H,17,18). The number of ether oxygens (including phenoxy) is 1. The molecule has 1 amide bonds. The average Bonchev–Trinajstić information content (AvgIpc) is 2.46. The van der Waals surface area contributed by atoms with Crippen LogP contribution in [0, 0.1) is 0 Å². The Labute approximate surface area is 116 Å². The van der Waals surface area contributed by atoms with Crippen LogP contribution in [0.3, 0.4) is 0 Å². The van der Waals surface area contributed by atoms with Gasteiger partial charge in [0, 0.05) is 36.2 Å². The van der Waals surface area contributed by atoms with Gasteiger partial charge in [-0.2, -0.15) is 0 Å². The molecule has 0 radical (unpaired) electrons. The number of hydrogen-bond donors (Lipinski definition) is 2. The van der Waals surface area contributed by atoms with Crippen molar-refractivity contribution in [2.75, 3.05) is 13.2 Å². The Morgan fingerprint density at radius 1 is 1.50 bits per heavy atom. The van der Waals surface area contributed by atoms with Crippen LogP contribution < -0.4 is 5.32 Å². The van der Waals surface area contributed by atoms with Gasteiger partial charge in [-0.25, -0.2) is 4.79 Å². The van der Waals surface area contributed by atoms with E-state index in [-0.39, 0.29) is 11.9 Å². The van der Waals surface area contributed by atoms with Crippen molar-refractivity contribution < 1.29 is 19.4 Å². The first-order chi connectivity index (χ1) is 9.66. The molecule has 2 rings (SSSR count). The van der Waals surface area contributed by atoms with Crippen molar-refractivity contribution in [2.45, 2.75) is 18.9 Å². The Morgan fingerprint density at radius 2 is 2.35 bits per heavy atom. The summed E-state index contributed by atoms with van der Waals surface area (Å²) in [6, 6.07) is 1.57. The monoisotopic (exact) mass is 276 g/mol. The maximum Gasteiger partial charge on any atom is 0.328 e. The topological polar surface area (TPSA) is 88.5 Å². The lowest BCUT2D eigenvalue weighted by molar-refractivity contribution is -0.131. The molecule has 0 saturated carbocycles. The summed E-state index contributed by atoms with van der Waals surface area (Å²) < 4.78 is 5.31. The fraction of sp³-hybridized carbons (Fsp3) is 0.357. The second-order valence-electron chi connectivity index (χ2n) is 4.52. The summed E-state index contributed by atoms with van der Waals surface area (Å²) in [6.45, 7) is 1.24. The highest BCUT2D eigenvalue weighted by atomic mass is 16.5. The summed E-state index contributed by atoms with van der Waals surface area (Å²) in [5.41, 5.74) is 0.882. The molecule has 20 heavy (non-hydrogen) atoms. The van der Waals surface area contributed by atoms with Gasteiger partial charge in [0.1, 0.15) is 0 Å². The van der Waals surface area contributed by atoms with Crippen LogP contribution in [0.4, 0.5) is 0 Å². The fourth-order valence-corrected chi connectivity index (χ4v) is 2.03. The molecule has 2 N–H and O–H groups in total. The first-order valence-corrected chi connectivity index (χ1v) is 6.40. The molecule has 0 bridgehead atoms. The van der Waals surface area contributed by atoms with E-state index in [4.69, 9.17) is 9.84 Å². The zero-order valence-corrected chi connectivity index (χ0v) is 10.9. The molecule has 1 unspecified atom stereocenters. The van der Waals surface area contributed by atoms with Crippen molar-refractivity contribution in [1.82, 2.24) is 10.3 Å². The molecule has 6 nitrogen and oxygen atoms in total. The second-order valence-corrected chi connectivity index (χ2v) is 4.52. The van der Waals surface area contributed by atoms with Crippen molar-refractivity contribution in [3.63, 3.8) is 0 Å². The van der Waals surface area contributed by atoms with Gasteiger partial charge in [0.2, 0.25) is 0 Å². The van der Waals surface area contributed by atoms with Gasteiger partial charge in [0.15, 0.2) is 0 Å². The van der Waals surface area contributed by atoms with Crippen LogP contribution in [0.25, 0.3) is 6.08 Å². The van der Waals surface area contributed by atoms with Crippen LogP contribution in [0.1, 0.15) is 28.8 Å². The zero-order chi connectivity index (χ0) is 14.4. The number of carboxylic acids is 1. The van der Waals surface area contributed by atoms with Crippen LogP contribution in [-0.4, -0.2) is 41.2 Å². The van der Waals surface area contributed by atoms with E-state index in [1.54, 1.807) is 6.07 Å². The van der Waals surface area contributed by atoms with Gasteiger partial charge >= 0.3 is 5.97 Å². The summed E-state index contributed by atoms with van der Waals surface area (Å²) in [7, 11) is 0. The molecule has 0 aromatic carbocycles. The van der Waals surface area contributed by atoms with Crippen molar-refractivity contribution in [2.24, 2.45) is 0 Å². The summed E-state index contributed by atoms with van der Waals surface area (Å²) >= 11 is 0. The van der Waals surface area contributed by atoms with Crippen molar-refractivity contribution in [3.8, 4) is 0 Å². The Hall–Kier alpha value is -2.21. The molecule has 6 heteroatoms. The normalized spacial score (nSPS) is 18.9. The average molecular weight is 276 g/mol. The lowest BCUT2D eigenvalue weighted by Crippen LogP contribution is -2.40. The quantitative estimate of drug-likeness (QED) is 0.804. The lowest BCUT2D eigenvalue weighted by Gasteiger charge is -2.23. The molecule has 1 aromatic rings. The molecule has 1 aromatic heterocycles. The first kappa shape index (κ1) is 14.2. The minimum absolute atomic E-state index is 0.000665. The van der Waals surface area contributed by atoms with E-state index in [2.05, 4.69) is 10.3 Å². The minimum atomic E-state index is -1.07. The molecule has 1 aliphatic rings. The number of aromatic nitrogens is 1. The van der Waals surface area contributed by atoms with E-state index < -0.39 is 5.97 Å². The summed E-state index contributed by atoms with van der Waals surface area (Å²) in [5.74, 6) is -1.31. The van der Waals surface area contributed by atoms with E-state index in [1.807, 2.05) is 0 Å². The Morgan fingerprint density at radius 3 is 3.05 bits per heavy atom. The fourth-order valence-electron chi connectivity index (χ4n) is 2.03. The van der Waals surface area contributed by atoms with Gasteiger partial charge in [0.05, 0.1) is 12.6 Å². The number of carbonyl (C=O) groups excluding carboxylic acids is 1. The number of amides is 1. The van der Waals surface area contributed by atoms with Gasteiger partial charge in [-0.15, -0.1) is 0 Å². The third-order valence-electron chi connectivity index (χ3n) is 3.00. The van der Waals surface area contributed by atoms with E-state index in [0.29, 0.717) is 17.7 Å². The van der Waals surface area contributed by atoms with Gasteiger partial charge in [0.25, 0.3) is 5.91 Å². The largest absolute Gasteiger partial charge is 0.478 e. The second kappa shape index (κ2) is 6.81. The van der Waals surface area contributed by atoms with E-state index >= 15 is 0 Å². The molecular weight excluding hydrogens is 260 g/mol. The summed E-state index contributed by atoms with van der Waals surface area (Å²) in [6.07, 6.45) is 7.12. The minimum Gasteiger partial charge on any atom is -0.478 e. The van der Waals surface area contributed by atoms with Crippen LogP contribution in [0.5, 0.6) is 0 Å². The maximum absolute atomic E-state index is 12.2. The molecule has 0 aliphatic carbocycles. The highest BCUT2D eigenvalue weighted by molar-refractivity contribution is 5.98.